The number of furan rings is 1. The molecule has 0 bridgehead atoms. The van der Waals surface area contributed by atoms with Crippen LogP contribution >= 0.6 is 0 Å². The highest BCUT2D eigenvalue weighted by Gasteiger charge is 2.27. The predicted molar refractivity (Wildman–Crippen MR) is 347 cm³/mol. The summed E-state index contributed by atoms with van der Waals surface area (Å²) in [5, 5.41) is 9.03. The summed E-state index contributed by atoms with van der Waals surface area (Å²) in [6.45, 7) is 0. The van der Waals surface area contributed by atoms with Crippen molar-refractivity contribution >= 4 is 105 Å². The first-order valence-corrected chi connectivity index (χ1v) is 28.0. The first-order chi connectivity index (χ1) is 40.7. The second kappa shape index (κ2) is 20.7. The van der Waals surface area contributed by atoms with E-state index in [9.17, 15) is 0 Å². The molecule has 0 aliphatic rings. The van der Waals surface area contributed by atoms with E-state index in [2.05, 4.69) is 336 Å². The standard InChI is InChI=1S/C78H53N3O/c1-7-22-54(23-8-1)57-39-50-69-72(52-57)75(70-36-21-37-71-76-67-35-20-19-26-56(67)40-51-74(76)82-78(70)71)68-49-38-58(55-24-9-2-10-25-55)53-73(68)77(69)81(65-45-41-63(42-46-65)79(59-27-11-3-12-28-59)60-29-13-4-14-30-60)66-47-43-64(44-48-66)80(61-31-15-5-16-32-61)62-33-17-6-18-34-62/h1-53H. The minimum absolute atomic E-state index is 0.868. The van der Waals surface area contributed by atoms with E-state index in [0.717, 1.165) is 128 Å². The number of hydrogen-bond donors (Lipinski definition) is 0. The summed E-state index contributed by atoms with van der Waals surface area (Å²) >= 11 is 0. The van der Waals surface area contributed by atoms with Gasteiger partial charge in [-0.15, -0.1) is 0 Å². The van der Waals surface area contributed by atoms with Gasteiger partial charge in [0.05, 0.1) is 5.69 Å². The fourth-order valence-corrected chi connectivity index (χ4v) is 12.2. The van der Waals surface area contributed by atoms with E-state index < -0.39 is 0 Å². The van der Waals surface area contributed by atoms with Crippen molar-refractivity contribution in [2.75, 3.05) is 14.7 Å². The Labute approximate surface area is 476 Å². The van der Waals surface area contributed by atoms with Crippen molar-refractivity contribution in [3.05, 3.63) is 322 Å². The molecule has 0 fully saturated rings. The minimum Gasteiger partial charge on any atom is -0.455 e. The van der Waals surface area contributed by atoms with Crippen molar-refractivity contribution in [2.45, 2.75) is 0 Å². The van der Waals surface area contributed by atoms with Crippen LogP contribution in [0.2, 0.25) is 0 Å². The van der Waals surface area contributed by atoms with Gasteiger partial charge in [-0.3, -0.25) is 0 Å². The van der Waals surface area contributed by atoms with E-state index in [1.807, 2.05) is 0 Å². The Hall–Kier alpha value is -10.9. The van der Waals surface area contributed by atoms with Crippen molar-refractivity contribution < 1.29 is 4.42 Å². The summed E-state index contributed by atoms with van der Waals surface area (Å²) < 4.78 is 7.14. The summed E-state index contributed by atoms with van der Waals surface area (Å²) in [4.78, 5) is 7.13. The Morgan fingerprint density at radius 2 is 0.634 bits per heavy atom. The minimum atomic E-state index is 0.868. The van der Waals surface area contributed by atoms with Crippen molar-refractivity contribution in [1.82, 2.24) is 0 Å². The van der Waals surface area contributed by atoms with Gasteiger partial charge in [0.1, 0.15) is 11.2 Å². The van der Waals surface area contributed by atoms with E-state index in [1.54, 1.807) is 0 Å². The van der Waals surface area contributed by atoms with Crippen LogP contribution in [0.1, 0.15) is 0 Å². The maximum atomic E-state index is 7.14. The lowest BCUT2D eigenvalue weighted by atomic mass is 9.86. The average Bonchev–Trinajstić information content (AvgIpc) is 3.29. The van der Waals surface area contributed by atoms with Crippen LogP contribution in [-0.4, -0.2) is 0 Å². The third kappa shape index (κ3) is 8.58. The van der Waals surface area contributed by atoms with Crippen LogP contribution in [-0.2, 0) is 0 Å². The highest BCUT2D eigenvalue weighted by atomic mass is 16.3. The molecule has 0 aliphatic heterocycles. The van der Waals surface area contributed by atoms with Gasteiger partial charge in [0, 0.05) is 78.2 Å². The number of rotatable bonds is 12. The Kier molecular flexibility index (Phi) is 12.2. The largest absolute Gasteiger partial charge is 0.455 e. The smallest absolute Gasteiger partial charge is 0.143 e. The van der Waals surface area contributed by atoms with Gasteiger partial charge in [0.2, 0.25) is 0 Å². The maximum Gasteiger partial charge on any atom is 0.143 e. The highest BCUT2D eigenvalue weighted by Crippen LogP contribution is 2.52. The zero-order valence-electron chi connectivity index (χ0n) is 44.8. The lowest BCUT2D eigenvalue weighted by Crippen LogP contribution is -2.14. The summed E-state index contributed by atoms with van der Waals surface area (Å²) in [6.07, 6.45) is 0. The third-order valence-corrected chi connectivity index (χ3v) is 16.0. The Morgan fingerprint density at radius 1 is 0.232 bits per heavy atom. The van der Waals surface area contributed by atoms with Gasteiger partial charge >= 0.3 is 0 Å². The number of nitrogens with zero attached hydrogens (tertiary/aromatic N) is 3. The molecule has 0 spiro atoms. The van der Waals surface area contributed by atoms with Crippen molar-refractivity contribution in [2.24, 2.45) is 0 Å². The molecule has 0 amide bonds. The fourth-order valence-electron chi connectivity index (χ4n) is 12.2. The molecule has 15 rings (SSSR count). The van der Waals surface area contributed by atoms with Gasteiger partial charge in [-0.1, -0.05) is 206 Å². The molecule has 15 aromatic rings. The lowest BCUT2D eigenvalue weighted by Gasteiger charge is -2.32. The number of fused-ring (bicyclic) bond motifs is 7. The Morgan fingerprint density at radius 3 is 1.13 bits per heavy atom. The van der Waals surface area contributed by atoms with E-state index in [4.69, 9.17) is 4.42 Å². The fraction of sp³-hybridized carbons (Fsp3) is 0. The first-order valence-electron chi connectivity index (χ1n) is 28.0. The normalized spacial score (nSPS) is 11.4. The monoisotopic (exact) mass is 1050 g/mol. The molecule has 82 heavy (non-hydrogen) atoms. The molecule has 1 heterocycles. The lowest BCUT2D eigenvalue weighted by molar-refractivity contribution is 0.670. The van der Waals surface area contributed by atoms with Crippen LogP contribution in [0, 0.1) is 0 Å². The van der Waals surface area contributed by atoms with Gasteiger partial charge in [-0.05, 0) is 159 Å². The van der Waals surface area contributed by atoms with E-state index in [1.165, 1.54) is 10.8 Å². The molecule has 386 valence electrons. The second-order valence-electron chi connectivity index (χ2n) is 20.8. The van der Waals surface area contributed by atoms with E-state index in [0.29, 0.717) is 0 Å². The van der Waals surface area contributed by atoms with Crippen molar-refractivity contribution in [3.63, 3.8) is 0 Å². The van der Waals surface area contributed by atoms with Crippen LogP contribution in [0.25, 0.3) is 87.6 Å². The molecule has 14 aromatic carbocycles. The summed E-state index contributed by atoms with van der Waals surface area (Å²) in [5.74, 6) is 0. The number of hydrogen-bond acceptors (Lipinski definition) is 4. The molecular weight excluding hydrogens is 995 g/mol. The maximum absolute atomic E-state index is 7.14. The molecule has 1 aromatic heterocycles. The van der Waals surface area contributed by atoms with E-state index in [-0.39, 0.29) is 0 Å². The van der Waals surface area contributed by atoms with Gasteiger partial charge in [-0.2, -0.15) is 0 Å². The van der Waals surface area contributed by atoms with Crippen LogP contribution < -0.4 is 14.7 Å². The van der Waals surface area contributed by atoms with E-state index >= 15 is 0 Å². The van der Waals surface area contributed by atoms with Gasteiger partial charge in [-0.25, -0.2) is 0 Å². The Bertz CT molecular complexity index is 4560. The molecule has 0 aliphatic carbocycles. The summed E-state index contributed by atoms with van der Waals surface area (Å²) in [6, 6.07) is 116. The highest BCUT2D eigenvalue weighted by molar-refractivity contribution is 6.27. The number of anilines is 9. The summed E-state index contributed by atoms with van der Waals surface area (Å²) in [7, 11) is 0. The molecular formula is C78H53N3O. The number of para-hydroxylation sites is 5. The SMILES string of the molecule is c1ccc(-c2ccc3c(N(c4ccc(N(c5ccccc5)c5ccccc5)cc4)c4ccc(N(c5ccccc5)c5ccccc5)cc4)c4cc(-c5ccccc5)ccc4c(-c4cccc5c4oc4ccc6ccccc6c45)c3c2)cc1. The molecule has 4 heteroatoms. The van der Waals surface area contributed by atoms with Crippen LogP contribution in [0.3, 0.4) is 0 Å². The summed E-state index contributed by atoms with van der Waals surface area (Å²) in [5.41, 5.74) is 18.0. The molecule has 0 saturated heterocycles. The third-order valence-electron chi connectivity index (χ3n) is 16.0. The van der Waals surface area contributed by atoms with Crippen LogP contribution in [0.5, 0.6) is 0 Å². The van der Waals surface area contributed by atoms with Gasteiger partial charge in [0.25, 0.3) is 0 Å². The Balaban J connectivity index is 1.03. The second-order valence-corrected chi connectivity index (χ2v) is 20.8. The van der Waals surface area contributed by atoms with Crippen LogP contribution in [0.15, 0.2) is 326 Å². The van der Waals surface area contributed by atoms with Gasteiger partial charge < -0.3 is 19.1 Å². The zero-order valence-corrected chi connectivity index (χ0v) is 44.8. The molecule has 0 N–H and O–H groups in total. The molecule has 0 radical (unpaired) electrons. The van der Waals surface area contributed by atoms with Crippen molar-refractivity contribution in [1.29, 1.82) is 0 Å². The topological polar surface area (TPSA) is 22.9 Å². The van der Waals surface area contributed by atoms with Gasteiger partial charge in [0.15, 0.2) is 0 Å². The molecule has 0 atom stereocenters. The number of benzene rings is 14. The predicted octanol–water partition coefficient (Wildman–Crippen LogP) is 22.5. The molecule has 4 nitrogen and oxygen atoms in total. The zero-order chi connectivity index (χ0) is 54.3. The molecule has 0 unspecified atom stereocenters. The quantitative estimate of drug-likeness (QED) is 0.114. The molecule has 0 saturated carbocycles. The van der Waals surface area contributed by atoms with Crippen molar-refractivity contribution in [3.8, 4) is 33.4 Å². The van der Waals surface area contributed by atoms with Crippen LogP contribution in [0.4, 0.5) is 51.2 Å². The first kappa shape index (κ1) is 48.2. The average molecular weight is 1050 g/mol.